The summed E-state index contributed by atoms with van der Waals surface area (Å²) in [5.41, 5.74) is 1.62. The third-order valence-corrected chi connectivity index (χ3v) is 3.18. The van der Waals surface area contributed by atoms with E-state index in [-0.39, 0.29) is 11.7 Å². The molecule has 0 spiro atoms. The first-order chi connectivity index (χ1) is 10.7. The number of hydrogen-bond donors (Lipinski definition) is 1. The van der Waals surface area contributed by atoms with Crippen LogP contribution in [-0.4, -0.2) is 12.5 Å². The highest BCUT2D eigenvalue weighted by molar-refractivity contribution is 5.92. The van der Waals surface area contributed by atoms with E-state index >= 15 is 0 Å². The van der Waals surface area contributed by atoms with Gasteiger partial charge >= 0.3 is 0 Å². The molecule has 3 nitrogen and oxygen atoms in total. The second-order valence-corrected chi connectivity index (χ2v) is 5.02. The van der Waals surface area contributed by atoms with E-state index in [9.17, 15) is 9.18 Å². The topological polar surface area (TPSA) is 38.3 Å². The van der Waals surface area contributed by atoms with E-state index in [1.807, 2.05) is 31.2 Å². The summed E-state index contributed by atoms with van der Waals surface area (Å²) in [5.74, 6) is 0.326. The maximum Gasteiger partial charge on any atom is 0.224 e. The molecule has 2 aromatic rings. The van der Waals surface area contributed by atoms with Crippen LogP contribution < -0.4 is 10.1 Å². The van der Waals surface area contributed by atoms with Crippen LogP contribution in [0.5, 0.6) is 5.75 Å². The van der Waals surface area contributed by atoms with Gasteiger partial charge in [-0.25, -0.2) is 4.39 Å². The lowest BCUT2D eigenvalue weighted by atomic mass is 10.1. The van der Waals surface area contributed by atoms with E-state index in [2.05, 4.69) is 5.32 Å². The largest absolute Gasteiger partial charge is 0.491 e. The van der Waals surface area contributed by atoms with E-state index in [0.29, 0.717) is 30.9 Å². The molecule has 0 radical (unpaired) electrons. The van der Waals surface area contributed by atoms with Crippen molar-refractivity contribution in [1.29, 1.82) is 0 Å². The predicted molar refractivity (Wildman–Crippen MR) is 85.6 cm³/mol. The molecule has 0 aromatic heterocycles. The number of nitrogens with one attached hydrogen (secondary N) is 1. The lowest BCUT2D eigenvalue weighted by molar-refractivity contribution is -0.116. The van der Waals surface area contributed by atoms with Crippen molar-refractivity contribution in [1.82, 2.24) is 0 Å². The number of ether oxygens (including phenoxy) is 1. The zero-order valence-corrected chi connectivity index (χ0v) is 12.6. The molecule has 1 N–H and O–H groups in total. The SMILES string of the molecule is CCCOc1ccccc1NC(=O)CCc1ccc(F)cc1. The maximum absolute atomic E-state index is 12.8. The molecule has 0 aliphatic carbocycles. The van der Waals surface area contributed by atoms with Crippen molar-refractivity contribution in [3.05, 3.63) is 59.9 Å². The Morgan fingerprint density at radius 2 is 1.86 bits per heavy atom. The molecule has 2 rings (SSSR count). The molecule has 0 saturated heterocycles. The second-order valence-electron chi connectivity index (χ2n) is 5.02. The van der Waals surface area contributed by atoms with Crippen LogP contribution in [0, 0.1) is 5.82 Å². The number of halogens is 1. The third kappa shape index (κ3) is 4.88. The summed E-state index contributed by atoms with van der Waals surface area (Å²) in [6.45, 7) is 2.65. The Morgan fingerprint density at radius 3 is 2.59 bits per heavy atom. The molecule has 0 saturated carbocycles. The summed E-state index contributed by atoms with van der Waals surface area (Å²) >= 11 is 0. The van der Waals surface area contributed by atoms with E-state index in [4.69, 9.17) is 4.74 Å². The fourth-order valence-corrected chi connectivity index (χ4v) is 2.03. The van der Waals surface area contributed by atoms with Crippen LogP contribution in [0.15, 0.2) is 48.5 Å². The molecule has 116 valence electrons. The highest BCUT2D eigenvalue weighted by Gasteiger charge is 2.07. The van der Waals surface area contributed by atoms with Crippen LogP contribution in [-0.2, 0) is 11.2 Å². The smallest absolute Gasteiger partial charge is 0.224 e. The Morgan fingerprint density at radius 1 is 1.14 bits per heavy atom. The van der Waals surface area contributed by atoms with Crippen molar-refractivity contribution in [3.8, 4) is 5.75 Å². The van der Waals surface area contributed by atoms with Gasteiger partial charge in [0.2, 0.25) is 5.91 Å². The van der Waals surface area contributed by atoms with Crippen LogP contribution in [0.1, 0.15) is 25.3 Å². The van der Waals surface area contributed by atoms with Gasteiger partial charge in [0.25, 0.3) is 0 Å². The van der Waals surface area contributed by atoms with Crippen LogP contribution in [0.25, 0.3) is 0 Å². The number of anilines is 1. The van der Waals surface area contributed by atoms with Crippen molar-refractivity contribution < 1.29 is 13.9 Å². The summed E-state index contributed by atoms with van der Waals surface area (Å²) < 4.78 is 18.4. The molecule has 4 heteroatoms. The average Bonchev–Trinajstić information content (AvgIpc) is 2.53. The van der Waals surface area contributed by atoms with Gasteiger partial charge in [0.05, 0.1) is 12.3 Å². The summed E-state index contributed by atoms with van der Waals surface area (Å²) in [6.07, 6.45) is 1.82. The number of para-hydroxylation sites is 2. The molecule has 0 aliphatic heterocycles. The van der Waals surface area contributed by atoms with Crippen molar-refractivity contribution in [2.45, 2.75) is 26.2 Å². The lowest BCUT2D eigenvalue weighted by Gasteiger charge is -2.11. The monoisotopic (exact) mass is 301 g/mol. The summed E-state index contributed by atoms with van der Waals surface area (Å²) in [5, 5.41) is 2.86. The first kappa shape index (κ1) is 16.0. The predicted octanol–water partition coefficient (Wildman–Crippen LogP) is 4.19. The van der Waals surface area contributed by atoms with Gasteiger partial charge in [-0.1, -0.05) is 31.2 Å². The minimum atomic E-state index is -0.268. The summed E-state index contributed by atoms with van der Waals surface area (Å²) in [6, 6.07) is 13.6. The van der Waals surface area contributed by atoms with Gasteiger partial charge in [-0.15, -0.1) is 0 Å². The standard InChI is InChI=1S/C18H20FNO2/c1-2-13-22-17-6-4-3-5-16(17)20-18(21)12-9-14-7-10-15(19)11-8-14/h3-8,10-11H,2,9,12-13H2,1H3,(H,20,21). The Labute approximate surface area is 130 Å². The molecule has 1 amide bonds. The Balaban J connectivity index is 1.90. The van der Waals surface area contributed by atoms with Gasteiger partial charge in [0, 0.05) is 6.42 Å². The van der Waals surface area contributed by atoms with E-state index < -0.39 is 0 Å². The number of carbonyl (C=O) groups is 1. The van der Waals surface area contributed by atoms with Crippen LogP contribution >= 0.6 is 0 Å². The zero-order valence-electron chi connectivity index (χ0n) is 12.6. The number of benzene rings is 2. The van der Waals surface area contributed by atoms with Crippen LogP contribution in [0.3, 0.4) is 0 Å². The first-order valence-electron chi connectivity index (χ1n) is 7.45. The Hall–Kier alpha value is -2.36. The van der Waals surface area contributed by atoms with Gasteiger partial charge in [-0.3, -0.25) is 4.79 Å². The van der Waals surface area contributed by atoms with Gasteiger partial charge in [0.1, 0.15) is 11.6 Å². The third-order valence-electron chi connectivity index (χ3n) is 3.18. The van der Waals surface area contributed by atoms with E-state index in [1.54, 1.807) is 12.1 Å². The van der Waals surface area contributed by atoms with Gasteiger partial charge in [-0.2, -0.15) is 0 Å². The summed E-state index contributed by atoms with van der Waals surface area (Å²) in [7, 11) is 0. The molecule has 0 fully saturated rings. The van der Waals surface area contributed by atoms with E-state index in [1.165, 1.54) is 12.1 Å². The molecular weight excluding hydrogens is 281 g/mol. The Bertz CT molecular complexity index is 611. The molecule has 0 unspecified atom stereocenters. The van der Waals surface area contributed by atoms with Crippen LogP contribution in [0.4, 0.5) is 10.1 Å². The van der Waals surface area contributed by atoms with Gasteiger partial charge in [-0.05, 0) is 42.7 Å². The second kappa shape index (κ2) is 8.17. The fraction of sp³-hybridized carbons (Fsp3) is 0.278. The maximum atomic E-state index is 12.8. The fourth-order valence-electron chi connectivity index (χ4n) is 2.03. The van der Waals surface area contributed by atoms with Gasteiger partial charge in [0.15, 0.2) is 0 Å². The Kier molecular flexibility index (Phi) is 5.95. The normalized spacial score (nSPS) is 10.3. The number of amides is 1. The number of carbonyl (C=O) groups excluding carboxylic acids is 1. The average molecular weight is 301 g/mol. The van der Waals surface area contributed by atoms with Crippen LogP contribution in [0.2, 0.25) is 0 Å². The number of aryl methyl sites for hydroxylation is 1. The molecule has 2 aromatic carbocycles. The number of hydrogen-bond acceptors (Lipinski definition) is 2. The summed E-state index contributed by atoms with van der Waals surface area (Å²) in [4.78, 5) is 12.0. The minimum absolute atomic E-state index is 0.0862. The van der Waals surface area contributed by atoms with Crippen molar-refractivity contribution in [2.75, 3.05) is 11.9 Å². The van der Waals surface area contributed by atoms with Gasteiger partial charge < -0.3 is 10.1 Å². The van der Waals surface area contributed by atoms with Crippen molar-refractivity contribution >= 4 is 11.6 Å². The lowest BCUT2D eigenvalue weighted by Crippen LogP contribution is -2.13. The molecule has 0 aliphatic rings. The first-order valence-corrected chi connectivity index (χ1v) is 7.45. The van der Waals surface area contributed by atoms with Crippen molar-refractivity contribution in [2.24, 2.45) is 0 Å². The highest BCUT2D eigenvalue weighted by Crippen LogP contribution is 2.24. The molecule has 0 bridgehead atoms. The molecule has 0 atom stereocenters. The van der Waals surface area contributed by atoms with E-state index in [0.717, 1.165) is 12.0 Å². The highest BCUT2D eigenvalue weighted by atomic mass is 19.1. The number of rotatable bonds is 7. The minimum Gasteiger partial charge on any atom is -0.491 e. The molecule has 0 heterocycles. The quantitative estimate of drug-likeness (QED) is 0.833. The zero-order chi connectivity index (χ0) is 15.8. The molecule has 22 heavy (non-hydrogen) atoms. The molecular formula is C18H20FNO2. The van der Waals surface area contributed by atoms with Crippen molar-refractivity contribution in [3.63, 3.8) is 0 Å².